The lowest BCUT2D eigenvalue weighted by atomic mass is 10.0. The van der Waals surface area contributed by atoms with E-state index in [1.807, 2.05) is 80.2 Å². The second-order valence-corrected chi connectivity index (χ2v) is 8.11. The number of hydrogen-bond acceptors (Lipinski definition) is 4. The number of nitrogens with zero attached hydrogens (tertiary/aromatic N) is 3. The molecule has 1 heterocycles. The molecule has 0 saturated heterocycles. The maximum atomic E-state index is 10.6. The Morgan fingerprint density at radius 2 is 1.54 bits per heavy atom. The highest BCUT2D eigenvalue weighted by molar-refractivity contribution is 5.72. The molecule has 0 aliphatic heterocycles. The number of aromatic nitrogens is 2. The topological polar surface area (TPSA) is 88.1 Å². The number of carbonyl (C=O) groups is 1. The molecule has 37 heavy (non-hydrogen) atoms. The molecule has 0 fully saturated rings. The normalized spacial score (nSPS) is 10.4. The van der Waals surface area contributed by atoms with Crippen LogP contribution in [0.1, 0.15) is 43.6 Å². The minimum absolute atomic E-state index is 0.108. The Kier molecular flexibility index (Phi) is 9.81. The van der Waals surface area contributed by atoms with E-state index in [9.17, 15) is 4.79 Å². The third kappa shape index (κ3) is 7.68. The molecule has 4 aromatic rings. The highest BCUT2D eigenvalue weighted by atomic mass is 16.5. The molecule has 0 spiro atoms. The fourth-order valence-corrected chi connectivity index (χ4v) is 3.60. The average Bonchev–Trinajstić information content (AvgIpc) is 3.32. The van der Waals surface area contributed by atoms with Crippen LogP contribution in [0.15, 0.2) is 79.0 Å². The molecule has 1 N–H and O–H groups in total. The molecule has 188 valence electrons. The van der Waals surface area contributed by atoms with Gasteiger partial charge >= 0.3 is 5.97 Å². The SMILES string of the molecule is CC.Cn1cc(-c2ccc(C#N)cc2)nc1/C=C/c1ccc(-c2ccc(OCCCC(=O)O)cc2)cc1. The molecule has 4 rings (SSSR count). The molecule has 0 radical (unpaired) electrons. The second kappa shape index (κ2) is 13.5. The Hall–Kier alpha value is -4.63. The Labute approximate surface area is 218 Å². The van der Waals surface area contributed by atoms with Crippen molar-refractivity contribution in [2.45, 2.75) is 26.7 Å². The third-order valence-electron chi connectivity index (χ3n) is 5.55. The van der Waals surface area contributed by atoms with Gasteiger partial charge in [0.2, 0.25) is 0 Å². The Morgan fingerprint density at radius 1 is 0.946 bits per heavy atom. The quantitative estimate of drug-likeness (QED) is 0.252. The number of ether oxygens (including phenoxy) is 1. The molecule has 0 saturated carbocycles. The highest BCUT2D eigenvalue weighted by Gasteiger charge is 2.06. The minimum atomic E-state index is -0.810. The minimum Gasteiger partial charge on any atom is -0.494 e. The maximum absolute atomic E-state index is 10.6. The van der Waals surface area contributed by atoms with E-state index in [1.165, 1.54) is 0 Å². The van der Waals surface area contributed by atoms with Crippen molar-refractivity contribution in [1.82, 2.24) is 9.55 Å². The summed E-state index contributed by atoms with van der Waals surface area (Å²) in [7, 11) is 1.96. The van der Waals surface area contributed by atoms with Gasteiger partial charge in [0.15, 0.2) is 0 Å². The van der Waals surface area contributed by atoms with Crippen LogP contribution in [0, 0.1) is 11.3 Å². The summed E-state index contributed by atoms with van der Waals surface area (Å²) in [6.07, 6.45) is 6.59. The molecule has 1 aromatic heterocycles. The Bertz CT molecular complexity index is 1360. The molecule has 6 heteroatoms. The van der Waals surface area contributed by atoms with Gasteiger partial charge in [-0.05, 0) is 53.5 Å². The van der Waals surface area contributed by atoms with Crippen LogP contribution in [-0.2, 0) is 11.8 Å². The summed E-state index contributed by atoms with van der Waals surface area (Å²) >= 11 is 0. The summed E-state index contributed by atoms with van der Waals surface area (Å²) in [5.74, 6) is 0.761. The van der Waals surface area contributed by atoms with Crippen LogP contribution < -0.4 is 4.74 Å². The van der Waals surface area contributed by atoms with Crippen LogP contribution in [0.4, 0.5) is 0 Å². The van der Waals surface area contributed by atoms with E-state index in [-0.39, 0.29) is 6.42 Å². The first-order chi connectivity index (χ1) is 18.0. The maximum Gasteiger partial charge on any atom is 0.303 e. The zero-order valence-electron chi connectivity index (χ0n) is 21.4. The molecule has 0 bridgehead atoms. The monoisotopic (exact) mass is 493 g/mol. The van der Waals surface area contributed by atoms with E-state index in [0.29, 0.717) is 18.6 Å². The summed E-state index contributed by atoms with van der Waals surface area (Å²) in [4.78, 5) is 15.3. The number of hydrogen-bond donors (Lipinski definition) is 1. The lowest BCUT2D eigenvalue weighted by Gasteiger charge is -2.07. The Balaban J connectivity index is 0.00000186. The number of carboxylic acid groups (broad SMARTS) is 1. The van der Waals surface area contributed by atoms with Crippen LogP contribution in [0.25, 0.3) is 34.5 Å². The van der Waals surface area contributed by atoms with Crippen molar-refractivity contribution in [1.29, 1.82) is 5.26 Å². The average molecular weight is 494 g/mol. The van der Waals surface area contributed by atoms with Gasteiger partial charge in [0, 0.05) is 25.2 Å². The predicted octanol–water partition coefficient (Wildman–Crippen LogP) is 7.07. The lowest BCUT2D eigenvalue weighted by molar-refractivity contribution is -0.137. The van der Waals surface area contributed by atoms with Gasteiger partial charge in [-0.1, -0.05) is 68.5 Å². The molecule has 0 amide bonds. The van der Waals surface area contributed by atoms with E-state index < -0.39 is 5.97 Å². The largest absolute Gasteiger partial charge is 0.494 e. The number of aryl methyl sites for hydroxylation is 1. The smallest absolute Gasteiger partial charge is 0.303 e. The molecule has 0 atom stereocenters. The second-order valence-electron chi connectivity index (χ2n) is 8.11. The number of nitriles is 1. The van der Waals surface area contributed by atoms with Crippen molar-refractivity contribution < 1.29 is 14.6 Å². The van der Waals surface area contributed by atoms with Crippen molar-refractivity contribution in [3.63, 3.8) is 0 Å². The van der Waals surface area contributed by atoms with Crippen LogP contribution in [0.2, 0.25) is 0 Å². The standard InChI is InChI=1S/C29H25N3O3.C2H6/c1-32-20-27(25-11-6-22(19-30)7-12-25)31-28(32)17-8-21-4-9-23(10-5-21)24-13-15-26(16-14-24)35-18-2-3-29(33)34;1-2/h4-17,20H,2-3,18H2,1H3,(H,33,34);1-2H3/b17-8+;. The first-order valence-electron chi connectivity index (χ1n) is 12.3. The van der Waals surface area contributed by atoms with Gasteiger partial charge in [0.25, 0.3) is 0 Å². The van der Waals surface area contributed by atoms with Gasteiger partial charge in [0.05, 0.1) is 23.9 Å². The molecule has 0 aliphatic rings. The summed E-state index contributed by atoms with van der Waals surface area (Å²) < 4.78 is 7.57. The van der Waals surface area contributed by atoms with E-state index in [2.05, 4.69) is 30.3 Å². The van der Waals surface area contributed by atoms with Gasteiger partial charge in [-0.15, -0.1) is 0 Å². The highest BCUT2D eigenvalue weighted by Crippen LogP contribution is 2.24. The van der Waals surface area contributed by atoms with E-state index in [0.717, 1.165) is 39.5 Å². The van der Waals surface area contributed by atoms with Crippen molar-refractivity contribution >= 4 is 18.1 Å². The molecule has 0 aliphatic carbocycles. The van der Waals surface area contributed by atoms with Crippen LogP contribution >= 0.6 is 0 Å². The predicted molar refractivity (Wildman–Crippen MR) is 148 cm³/mol. The summed E-state index contributed by atoms with van der Waals surface area (Å²) in [5.41, 5.74) is 5.70. The molecule has 0 unspecified atom stereocenters. The van der Waals surface area contributed by atoms with Gasteiger partial charge in [-0.3, -0.25) is 4.79 Å². The summed E-state index contributed by atoms with van der Waals surface area (Å²) in [6.45, 7) is 4.39. The van der Waals surface area contributed by atoms with Crippen LogP contribution in [0.3, 0.4) is 0 Å². The summed E-state index contributed by atoms with van der Waals surface area (Å²) in [6, 6.07) is 25.6. The molecular weight excluding hydrogens is 462 g/mol. The van der Waals surface area contributed by atoms with E-state index in [1.54, 1.807) is 12.1 Å². The van der Waals surface area contributed by atoms with E-state index in [4.69, 9.17) is 20.1 Å². The van der Waals surface area contributed by atoms with Gasteiger partial charge in [0.1, 0.15) is 11.6 Å². The zero-order chi connectivity index (χ0) is 26.6. The van der Waals surface area contributed by atoms with Crippen molar-refractivity contribution in [3.8, 4) is 34.2 Å². The van der Waals surface area contributed by atoms with Crippen LogP contribution in [-0.4, -0.2) is 27.2 Å². The lowest BCUT2D eigenvalue weighted by Crippen LogP contribution is -2.01. The molecule has 6 nitrogen and oxygen atoms in total. The fourth-order valence-electron chi connectivity index (χ4n) is 3.60. The van der Waals surface area contributed by atoms with Crippen molar-refractivity contribution in [2.75, 3.05) is 6.61 Å². The van der Waals surface area contributed by atoms with Gasteiger partial charge in [-0.25, -0.2) is 4.98 Å². The van der Waals surface area contributed by atoms with Crippen molar-refractivity contribution in [3.05, 3.63) is 95.9 Å². The summed E-state index contributed by atoms with van der Waals surface area (Å²) in [5, 5.41) is 17.7. The first kappa shape index (κ1) is 27.0. The number of carboxylic acids is 1. The molecule has 3 aromatic carbocycles. The number of benzene rings is 3. The number of rotatable bonds is 9. The van der Waals surface area contributed by atoms with Gasteiger partial charge in [-0.2, -0.15) is 5.26 Å². The fraction of sp³-hybridized carbons (Fsp3) is 0.194. The first-order valence-corrected chi connectivity index (χ1v) is 12.3. The van der Waals surface area contributed by atoms with Gasteiger partial charge < -0.3 is 14.4 Å². The number of aliphatic carboxylic acids is 1. The third-order valence-corrected chi connectivity index (χ3v) is 5.55. The number of imidazole rings is 1. The van der Waals surface area contributed by atoms with Crippen LogP contribution in [0.5, 0.6) is 5.75 Å². The zero-order valence-corrected chi connectivity index (χ0v) is 21.4. The van der Waals surface area contributed by atoms with E-state index >= 15 is 0 Å². The Morgan fingerprint density at radius 3 is 2.14 bits per heavy atom. The molecular formula is C31H31N3O3. The van der Waals surface area contributed by atoms with Crippen molar-refractivity contribution in [2.24, 2.45) is 7.05 Å².